The summed E-state index contributed by atoms with van der Waals surface area (Å²) in [6.07, 6.45) is 4.74. The fraction of sp³-hybridized carbons (Fsp3) is 0.519. The Bertz CT molecular complexity index is 959. The van der Waals surface area contributed by atoms with E-state index in [0.29, 0.717) is 13.2 Å². The number of carbonyl (C=O) groups excluding carboxylic acids is 1. The number of halogens is 1. The minimum absolute atomic E-state index is 0.00969. The van der Waals surface area contributed by atoms with Gasteiger partial charge in [-0.2, -0.15) is 0 Å². The highest BCUT2D eigenvalue weighted by Crippen LogP contribution is 2.51. The van der Waals surface area contributed by atoms with Crippen molar-refractivity contribution in [3.05, 3.63) is 59.4 Å². The fourth-order valence-electron chi connectivity index (χ4n) is 4.89. The van der Waals surface area contributed by atoms with Gasteiger partial charge in [-0.25, -0.2) is 4.39 Å². The van der Waals surface area contributed by atoms with Gasteiger partial charge in [-0.15, -0.1) is 0 Å². The smallest absolute Gasteiger partial charge is 0.216 e. The Hall–Kier alpha value is -2.60. The first-order valence-corrected chi connectivity index (χ1v) is 11.9. The molecule has 4 rings (SSSR count). The maximum absolute atomic E-state index is 13.2. The van der Waals surface area contributed by atoms with Crippen molar-refractivity contribution in [2.75, 3.05) is 13.2 Å². The summed E-state index contributed by atoms with van der Waals surface area (Å²) in [5.74, 6) is 1.64. The third-order valence-corrected chi connectivity index (χ3v) is 6.69. The lowest BCUT2D eigenvalue weighted by molar-refractivity contribution is -0.150. The Morgan fingerprint density at radius 2 is 1.97 bits per heavy atom. The zero-order valence-electron chi connectivity index (χ0n) is 19.7. The van der Waals surface area contributed by atoms with Crippen LogP contribution in [0.25, 0.3) is 0 Å². The first kappa shape index (κ1) is 23.6. The molecule has 1 N–H and O–H groups in total. The van der Waals surface area contributed by atoms with Crippen molar-refractivity contribution in [3.63, 3.8) is 0 Å². The SMILES string of the molecule is CC(=O)NCCCOc1ccc2c(c1)OC(C)(C)[C@@H]1CC[C@@H](CCc3ccc(F)cc3)O[C@@H]21. The minimum atomic E-state index is -0.330. The van der Waals surface area contributed by atoms with E-state index in [0.717, 1.165) is 54.7 Å². The van der Waals surface area contributed by atoms with E-state index < -0.39 is 0 Å². The fourth-order valence-corrected chi connectivity index (χ4v) is 4.89. The van der Waals surface area contributed by atoms with E-state index in [1.54, 1.807) is 0 Å². The first-order chi connectivity index (χ1) is 15.8. The van der Waals surface area contributed by atoms with Crippen molar-refractivity contribution in [2.45, 2.75) is 70.7 Å². The van der Waals surface area contributed by atoms with Crippen LogP contribution in [-0.4, -0.2) is 30.8 Å². The van der Waals surface area contributed by atoms with Crippen LogP contribution in [0.5, 0.6) is 11.5 Å². The summed E-state index contributed by atoms with van der Waals surface area (Å²) >= 11 is 0. The Morgan fingerprint density at radius 1 is 1.18 bits per heavy atom. The molecule has 3 atom stereocenters. The van der Waals surface area contributed by atoms with Gasteiger partial charge >= 0.3 is 0 Å². The monoisotopic (exact) mass is 455 g/mol. The average Bonchev–Trinajstić information content (AvgIpc) is 2.77. The van der Waals surface area contributed by atoms with Crippen molar-refractivity contribution in [2.24, 2.45) is 5.92 Å². The molecule has 5 nitrogen and oxygen atoms in total. The van der Waals surface area contributed by atoms with Gasteiger partial charge in [0.05, 0.1) is 18.8 Å². The van der Waals surface area contributed by atoms with Gasteiger partial charge in [0.1, 0.15) is 22.9 Å². The van der Waals surface area contributed by atoms with Crippen LogP contribution in [0.4, 0.5) is 4.39 Å². The molecule has 0 unspecified atom stereocenters. The topological polar surface area (TPSA) is 56.8 Å². The molecule has 0 aromatic heterocycles. The van der Waals surface area contributed by atoms with Gasteiger partial charge in [0.25, 0.3) is 0 Å². The second kappa shape index (κ2) is 10.1. The average molecular weight is 456 g/mol. The van der Waals surface area contributed by atoms with E-state index in [1.807, 2.05) is 24.3 Å². The zero-order chi connectivity index (χ0) is 23.4. The number of fused-ring (bicyclic) bond motifs is 3. The predicted octanol–water partition coefficient (Wildman–Crippen LogP) is 5.37. The van der Waals surface area contributed by atoms with Crippen molar-refractivity contribution in [1.29, 1.82) is 0 Å². The predicted molar refractivity (Wildman–Crippen MR) is 125 cm³/mol. The highest BCUT2D eigenvalue weighted by molar-refractivity contribution is 5.72. The third-order valence-electron chi connectivity index (χ3n) is 6.69. The summed E-state index contributed by atoms with van der Waals surface area (Å²) in [7, 11) is 0. The van der Waals surface area contributed by atoms with Gasteiger partial charge in [0.15, 0.2) is 0 Å². The molecule has 6 heteroatoms. The maximum atomic E-state index is 13.2. The quantitative estimate of drug-likeness (QED) is 0.544. The lowest BCUT2D eigenvalue weighted by Crippen LogP contribution is -2.48. The van der Waals surface area contributed by atoms with Gasteiger partial charge in [-0.05, 0) is 75.8 Å². The Morgan fingerprint density at radius 3 is 2.73 bits per heavy atom. The summed E-state index contributed by atoms with van der Waals surface area (Å²) in [6, 6.07) is 12.7. The Kier molecular flexibility index (Phi) is 7.23. The number of hydrogen-bond acceptors (Lipinski definition) is 4. The second-order valence-corrected chi connectivity index (χ2v) is 9.62. The van der Waals surface area contributed by atoms with E-state index in [1.165, 1.54) is 19.1 Å². The minimum Gasteiger partial charge on any atom is -0.493 e. The van der Waals surface area contributed by atoms with Crippen LogP contribution in [0.2, 0.25) is 0 Å². The van der Waals surface area contributed by atoms with Crippen LogP contribution in [-0.2, 0) is 16.0 Å². The van der Waals surface area contributed by atoms with Gasteiger partial charge in [-0.3, -0.25) is 4.79 Å². The van der Waals surface area contributed by atoms with Crippen molar-refractivity contribution in [1.82, 2.24) is 5.32 Å². The van der Waals surface area contributed by atoms with Gasteiger partial charge in [0.2, 0.25) is 5.91 Å². The van der Waals surface area contributed by atoms with Crippen molar-refractivity contribution >= 4 is 5.91 Å². The van der Waals surface area contributed by atoms with Crippen LogP contribution >= 0.6 is 0 Å². The lowest BCUT2D eigenvalue weighted by atomic mass is 9.75. The summed E-state index contributed by atoms with van der Waals surface area (Å²) in [5, 5.41) is 2.77. The van der Waals surface area contributed by atoms with Crippen LogP contribution in [0, 0.1) is 11.7 Å². The molecule has 1 amide bonds. The van der Waals surface area contributed by atoms with Gasteiger partial charge in [-0.1, -0.05) is 12.1 Å². The Balaban J connectivity index is 1.40. The number of benzene rings is 2. The number of carbonyl (C=O) groups is 1. The highest BCUT2D eigenvalue weighted by atomic mass is 19.1. The van der Waals surface area contributed by atoms with E-state index in [4.69, 9.17) is 14.2 Å². The summed E-state index contributed by atoms with van der Waals surface area (Å²) in [6.45, 7) is 6.90. The van der Waals surface area contributed by atoms with Crippen molar-refractivity contribution in [3.8, 4) is 11.5 Å². The number of amides is 1. The Labute approximate surface area is 195 Å². The molecule has 2 aliphatic rings. The van der Waals surface area contributed by atoms with Crippen LogP contribution in [0.1, 0.15) is 63.7 Å². The molecule has 0 radical (unpaired) electrons. The molecule has 1 saturated heterocycles. The molecule has 0 bridgehead atoms. The van der Waals surface area contributed by atoms with Gasteiger partial charge < -0.3 is 19.5 Å². The maximum Gasteiger partial charge on any atom is 0.216 e. The molecule has 0 aliphatic carbocycles. The second-order valence-electron chi connectivity index (χ2n) is 9.62. The summed E-state index contributed by atoms with van der Waals surface area (Å²) in [5.41, 5.74) is 1.88. The molecular formula is C27H34FNO4. The zero-order valence-corrected chi connectivity index (χ0v) is 19.7. The number of aryl methyl sites for hydroxylation is 1. The van der Waals surface area contributed by atoms with Gasteiger partial charge in [0, 0.05) is 31.0 Å². The molecule has 33 heavy (non-hydrogen) atoms. The normalized spacial score (nSPS) is 23.1. The first-order valence-electron chi connectivity index (χ1n) is 11.9. The van der Waals surface area contributed by atoms with E-state index in [9.17, 15) is 9.18 Å². The number of rotatable bonds is 8. The molecule has 0 saturated carbocycles. The van der Waals surface area contributed by atoms with E-state index >= 15 is 0 Å². The standard InChI is InChI=1S/C27H34FNO4/c1-18(30)29-15-4-16-31-22-11-13-23-25(17-22)33-27(2,3)24-14-12-21(32-26(23)24)10-7-19-5-8-20(28)9-6-19/h5-6,8-9,11,13,17,21,24,26H,4,7,10,12,14-16H2,1-3H3,(H,29,30)/t21-,24-,26+/m1/s1. The van der Waals surface area contributed by atoms with E-state index in [2.05, 4.69) is 25.2 Å². The number of nitrogens with one attached hydrogen (secondary N) is 1. The molecule has 0 spiro atoms. The van der Waals surface area contributed by atoms with Crippen LogP contribution < -0.4 is 14.8 Å². The number of hydrogen-bond donors (Lipinski definition) is 1. The molecule has 2 aliphatic heterocycles. The molecule has 2 aromatic carbocycles. The van der Waals surface area contributed by atoms with Crippen molar-refractivity contribution < 1.29 is 23.4 Å². The molecule has 1 fully saturated rings. The van der Waals surface area contributed by atoms with Crippen LogP contribution in [0.15, 0.2) is 42.5 Å². The number of ether oxygens (including phenoxy) is 3. The summed E-state index contributed by atoms with van der Waals surface area (Å²) < 4.78 is 32.1. The molecule has 2 aromatic rings. The summed E-state index contributed by atoms with van der Waals surface area (Å²) in [4.78, 5) is 11.0. The lowest BCUT2D eigenvalue weighted by Gasteiger charge is -2.48. The largest absolute Gasteiger partial charge is 0.493 e. The molecule has 178 valence electrons. The molecule has 2 heterocycles. The third kappa shape index (κ3) is 5.85. The highest BCUT2D eigenvalue weighted by Gasteiger charge is 2.47. The molecular weight excluding hydrogens is 421 g/mol. The van der Waals surface area contributed by atoms with Crippen LogP contribution in [0.3, 0.4) is 0 Å². The van der Waals surface area contributed by atoms with E-state index in [-0.39, 0.29) is 35.5 Å².